The normalized spacial score (nSPS) is 11.8. The fraction of sp³-hybridized carbons (Fsp3) is 0.333. The van der Waals surface area contributed by atoms with E-state index < -0.39 is 0 Å². The number of methoxy groups -OCH3 is 1. The lowest BCUT2D eigenvalue weighted by Crippen LogP contribution is -2.21. The molecule has 0 saturated heterocycles. The van der Waals surface area contributed by atoms with E-state index in [1.807, 2.05) is 48.8 Å². The molecule has 0 bridgehead atoms. The smallest absolute Gasteiger partial charge is 0.239 e. The van der Waals surface area contributed by atoms with Crippen molar-refractivity contribution in [2.75, 3.05) is 31.4 Å². The first kappa shape index (κ1) is 15.3. The zero-order valence-electron chi connectivity index (χ0n) is 12.6. The van der Waals surface area contributed by atoms with Gasteiger partial charge in [-0.25, -0.2) is 4.98 Å². The number of carbonyl (C=O) groups is 1. The van der Waals surface area contributed by atoms with Crippen molar-refractivity contribution >= 4 is 28.6 Å². The van der Waals surface area contributed by atoms with E-state index in [0.29, 0.717) is 11.6 Å². The van der Waals surface area contributed by atoms with Crippen LogP contribution in [0.4, 0.5) is 11.4 Å². The first-order chi connectivity index (χ1) is 10.0. The van der Waals surface area contributed by atoms with Crippen LogP contribution in [0.5, 0.6) is 5.88 Å². The van der Waals surface area contributed by atoms with Gasteiger partial charge >= 0.3 is 0 Å². The third-order valence-corrected chi connectivity index (χ3v) is 3.96. The summed E-state index contributed by atoms with van der Waals surface area (Å²) in [5.74, 6) is 0.103. The number of nitrogens with one attached hydrogen (secondary N) is 1. The number of thiophene rings is 1. The van der Waals surface area contributed by atoms with Gasteiger partial charge in [0.05, 0.1) is 18.7 Å². The molecule has 0 radical (unpaired) electrons. The summed E-state index contributed by atoms with van der Waals surface area (Å²) < 4.78 is 5.26. The lowest BCUT2D eigenvalue weighted by atomic mass is 10.0. The highest BCUT2D eigenvalue weighted by Gasteiger charge is 2.20. The molecule has 0 aliphatic carbocycles. The van der Waals surface area contributed by atoms with Crippen LogP contribution in [0.15, 0.2) is 29.1 Å². The van der Waals surface area contributed by atoms with Gasteiger partial charge in [-0.3, -0.25) is 4.79 Å². The zero-order valence-corrected chi connectivity index (χ0v) is 13.4. The van der Waals surface area contributed by atoms with Crippen molar-refractivity contribution in [2.24, 2.45) is 0 Å². The summed E-state index contributed by atoms with van der Waals surface area (Å²) in [5.41, 5.74) is 2.46. The van der Waals surface area contributed by atoms with Crippen LogP contribution >= 0.6 is 11.3 Å². The molecule has 6 heteroatoms. The van der Waals surface area contributed by atoms with Crippen LogP contribution < -0.4 is 15.0 Å². The van der Waals surface area contributed by atoms with Crippen molar-refractivity contribution in [3.05, 3.63) is 34.7 Å². The second-order valence-corrected chi connectivity index (χ2v) is 5.66. The Morgan fingerprint density at radius 2 is 2.19 bits per heavy atom. The summed E-state index contributed by atoms with van der Waals surface area (Å²) >= 11 is 1.58. The molecule has 0 unspecified atom stereocenters. The van der Waals surface area contributed by atoms with Crippen LogP contribution in [0.3, 0.4) is 0 Å². The number of hydrogen-bond donors (Lipinski definition) is 1. The molecule has 2 heterocycles. The Kier molecular flexibility index (Phi) is 4.80. The predicted molar refractivity (Wildman–Crippen MR) is 86.5 cm³/mol. The Morgan fingerprint density at radius 3 is 2.76 bits per heavy atom. The molecule has 0 aliphatic heterocycles. The number of hydrogen-bond acceptors (Lipinski definition) is 5. The molecule has 21 heavy (non-hydrogen) atoms. The van der Waals surface area contributed by atoms with Crippen molar-refractivity contribution in [1.29, 1.82) is 0 Å². The maximum absolute atomic E-state index is 12.4. The van der Waals surface area contributed by atoms with Gasteiger partial charge in [0, 0.05) is 20.3 Å². The first-order valence-electron chi connectivity index (χ1n) is 6.58. The Morgan fingerprint density at radius 1 is 1.43 bits per heavy atom. The Labute approximate surface area is 128 Å². The highest BCUT2D eigenvalue weighted by atomic mass is 32.1. The van der Waals surface area contributed by atoms with Gasteiger partial charge in [0.25, 0.3) is 0 Å². The number of amides is 1. The highest BCUT2D eigenvalue weighted by molar-refractivity contribution is 7.08. The maximum Gasteiger partial charge on any atom is 0.239 e. The lowest BCUT2D eigenvalue weighted by molar-refractivity contribution is -0.117. The fourth-order valence-electron chi connectivity index (χ4n) is 1.98. The standard InChI is InChI=1S/C15H19N3O2S/c1-10(11-6-8-21-9-11)14(19)17-13-12(18(2)3)5-7-16-15(13)20-4/h5-10H,1-4H3,(H,17,19)/t10-/m0/s1. The SMILES string of the molecule is COc1nccc(N(C)C)c1NC(=O)[C@@H](C)c1ccsc1. The maximum atomic E-state index is 12.4. The van der Waals surface area contributed by atoms with Gasteiger partial charge in [-0.15, -0.1) is 0 Å². The Hall–Kier alpha value is -2.08. The molecule has 0 aromatic carbocycles. The van der Waals surface area contributed by atoms with Gasteiger partial charge in [0.15, 0.2) is 0 Å². The molecule has 112 valence electrons. The van der Waals surface area contributed by atoms with Gasteiger partial charge in [-0.05, 0) is 35.4 Å². The quantitative estimate of drug-likeness (QED) is 0.922. The largest absolute Gasteiger partial charge is 0.479 e. The molecule has 0 aliphatic rings. The van der Waals surface area contributed by atoms with Crippen LogP contribution in [0.25, 0.3) is 0 Å². The summed E-state index contributed by atoms with van der Waals surface area (Å²) in [6, 6.07) is 3.80. The molecule has 2 aromatic heterocycles. The van der Waals surface area contributed by atoms with E-state index in [1.54, 1.807) is 24.6 Å². The van der Waals surface area contributed by atoms with Crippen LogP contribution in [0.1, 0.15) is 18.4 Å². The van der Waals surface area contributed by atoms with E-state index in [0.717, 1.165) is 11.3 Å². The number of aromatic nitrogens is 1. The van der Waals surface area contributed by atoms with Gasteiger partial charge in [0.1, 0.15) is 5.69 Å². The summed E-state index contributed by atoms with van der Waals surface area (Å²) in [6.45, 7) is 1.88. The second kappa shape index (κ2) is 6.58. The van der Waals surface area contributed by atoms with Crippen LogP contribution in [-0.4, -0.2) is 32.1 Å². The lowest BCUT2D eigenvalue weighted by Gasteiger charge is -2.20. The molecule has 2 aromatic rings. The van der Waals surface area contributed by atoms with E-state index in [-0.39, 0.29) is 11.8 Å². The number of rotatable bonds is 5. The average Bonchev–Trinajstić information content (AvgIpc) is 3.00. The van der Waals surface area contributed by atoms with Crippen LogP contribution in [-0.2, 0) is 4.79 Å². The summed E-state index contributed by atoms with van der Waals surface area (Å²) in [4.78, 5) is 18.5. The minimum atomic E-state index is -0.226. The minimum Gasteiger partial charge on any atom is -0.479 e. The van der Waals surface area contributed by atoms with Crippen molar-refractivity contribution in [3.63, 3.8) is 0 Å². The number of pyridine rings is 1. The molecule has 1 N–H and O–H groups in total. The van der Waals surface area contributed by atoms with Crippen LogP contribution in [0, 0.1) is 0 Å². The minimum absolute atomic E-state index is 0.0807. The van der Waals surface area contributed by atoms with Gasteiger partial charge in [-0.2, -0.15) is 11.3 Å². The third-order valence-electron chi connectivity index (χ3n) is 3.25. The number of nitrogens with zero attached hydrogens (tertiary/aromatic N) is 2. The van der Waals surface area contributed by atoms with E-state index in [2.05, 4.69) is 10.3 Å². The van der Waals surface area contributed by atoms with Crippen molar-refractivity contribution in [1.82, 2.24) is 4.98 Å². The van der Waals surface area contributed by atoms with E-state index >= 15 is 0 Å². The molecule has 1 atom stereocenters. The van der Waals surface area contributed by atoms with E-state index in [9.17, 15) is 4.79 Å². The zero-order chi connectivity index (χ0) is 15.4. The topological polar surface area (TPSA) is 54.5 Å². The van der Waals surface area contributed by atoms with Crippen molar-refractivity contribution in [3.8, 4) is 5.88 Å². The van der Waals surface area contributed by atoms with E-state index in [4.69, 9.17) is 4.74 Å². The van der Waals surface area contributed by atoms with Crippen LogP contribution in [0.2, 0.25) is 0 Å². The second-order valence-electron chi connectivity index (χ2n) is 4.88. The van der Waals surface area contributed by atoms with Crippen molar-refractivity contribution in [2.45, 2.75) is 12.8 Å². The summed E-state index contributed by atoms with van der Waals surface area (Å²) in [5, 5.41) is 6.89. The molecule has 0 saturated carbocycles. The molecule has 0 fully saturated rings. The molecule has 5 nitrogen and oxygen atoms in total. The van der Waals surface area contributed by atoms with Crippen molar-refractivity contribution < 1.29 is 9.53 Å². The summed E-state index contributed by atoms with van der Waals surface area (Å²) in [6.07, 6.45) is 1.66. The van der Waals surface area contributed by atoms with Gasteiger partial charge in [0.2, 0.25) is 11.8 Å². The monoisotopic (exact) mass is 305 g/mol. The summed E-state index contributed by atoms with van der Waals surface area (Å²) in [7, 11) is 5.36. The number of carbonyl (C=O) groups excluding carboxylic acids is 1. The molecule has 2 rings (SSSR count). The van der Waals surface area contributed by atoms with E-state index in [1.165, 1.54) is 0 Å². The first-order valence-corrected chi connectivity index (χ1v) is 7.52. The molecular formula is C15H19N3O2S. The fourth-order valence-corrected chi connectivity index (χ4v) is 2.74. The van der Waals surface area contributed by atoms with Gasteiger partial charge < -0.3 is 15.0 Å². The van der Waals surface area contributed by atoms with Gasteiger partial charge in [-0.1, -0.05) is 0 Å². The predicted octanol–water partition coefficient (Wildman–Crippen LogP) is 2.96. The third kappa shape index (κ3) is 3.33. The number of anilines is 2. The Bertz CT molecular complexity index is 611. The molecular weight excluding hydrogens is 286 g/mol. The molecule has 1 amide bonds. The Balaban J connectivity index is 2.28. The highest BCUT2D eigenvalue weighted by Crippen LogP contribution is 2.33. The molecule has 0 spiro atoms. The average molecular weight is 305 g/mol. The number of ether oxygens (including phenoxy) is 1.